The average Bonchev–Trinajstić information content (AvgIpc) is 3.30. The van der Waals surface area contributed by atoms with Crippen molar-refractivity contribution in [1.29, 1.82) is 0 Å². The van der Waals surface area contributed by atoms with E-state index in [1.807, 2.05) is 0 Å². The van der Waals surface area contributed by atoms with Crippen LogP contribution in [0.15, 0.2) is 41.0 Å². The third-order valence-corrected chi connectivity index (χ3v) is 5.93. The lowest BCUT2D eigenvalue weighted by atomic mass is 9.90. The summed E-state index contributed by atoms with van der Waals surface area (Å²) in [5, 5.41) is 8.90. The molecule has 5 heteroatoms. The summed E-state index contributed by atoms with van der Waals surface area (Å²) in [5.41, 5.74) is 1.51. The molecule has 26 heavy (non-hydrogen) atoms. The Balaban J connectivity index is 1.17. The van der Waals surface area contributed by atoms with Crippen molar-refractivity contribution >= 4 is 5.97 Å². The molecule has 0 bridgehead atoms. The summed E-state index contributed by atoms with van der Waals surface area (Å²) in [4.78, 5) is 17.2. The SMILES string of the molecule is O=C(O)c1coc(CN2CCC(CC[C@H]3C[C@@H]3c3ccccc3)CC2)n1. The van der Waals surface area contributed by atoms with E-state index in [1.165, 1.54) is 43.9 Å². The standard InChI is InChI=1S/C21H26N2O3/c24-21(25)19-14-26-20(22-19)13-23-10-8-15(9-11-23)6-7-17-12-18(17)16-4-2-1-3-5-16/h1-5,14-15,17-18H,6-13H2,(H,24,25)/t17-,18+/m0/s1. The second kappa shape index (κ2) is 7.62. The molecule has 2 heterocycles. The molecule has 2 aromatic rings. The van der Waals surface area contributed by atoms with Crippen molar-refractivity contribution in [2.75, 3.05) is 13.1 Å². The first-order chi connectivity index (χ1) is 12.7. The van der Waals surface area contributed by atoms with Gasteiger partial charge in [0.15, 0.2) is 5.69 Å². The summed E-state index contributed by atoms with van der Waals surface area (Å²) in [6.45, 7) is 2.70. The molecule has 2 atom stereocenters. The first kappa shape index (κ1) is 17.3. The molecule has 0 radical (unpaired) electrons. The number of carboxylic acids is 1. The molecule has 4 rings (SSSR count). The van der Waals surface area contributed by atoms with Gasteiger partial charge < -0.3 is 9.52 Å². The van der Waals surface area contributed by atoms with Gasteiger partial charge in [-0.25, -0.2) is 9.78 Å². The Morgan fingerprint density at radius 3 is 2.65 bits per heavy atom. The molecule has 5 nitrogen and oxygen atoms in total. The molecule has 1 saturated heterocycles. The maximum absolute atomic E-state index is 10.9. The minimum absolute atomic E-state index is 0.00714. The van der Waals surface area contributed by atoms with Crippen molar-refractivity contribution in [2.45, 2.75) is 44.6 Å². The molecule has 2 fully saturated rings. The Morgan fingerprint density at radius 2 is 1.96 bits per heavy atom. The van der Waals surface area contributed by atoms with E-state index in [4.69, 9.17) is 9.52 Å². The molecule has 2 aliphatic rings. The molecule has 1 aliphatic carbocycles. The van der Waals surface area contributed by atoms with Crippen LogP contribution >= 0.6 is 0 Å². The number of piperidine rings is 1. The van der Waals surface area contributed by atoms with Crippen LogP contribution in [0.1, 0.15) is 60.0 Å². The Hall–Kier alpha value is -2.14. The maximum atomic E-state index is 10.9. The second-order valence-electron chi connectivity index (χ2n) is 7.74. The normalized spacial score (nSPS) is 23.8. The summed E-state index contributed by atoms with van der Waals surface area (Å²) >= 11 is 0. The Morgan fingerprint density at radius 1 is 1.19 bits per heavy atom. The highest BCUT2D eigenvalue weighted by molar-refractivity contribution is 5.84. The van der Waals surface area contributed by atoms with Crippen LogP contribution in [0.5, 0.6) is 0 Å². The predicted octanol–water partition coefficient (Wildman–Crippen LogP) is 4.17. The summed E-state index contributed by atoms with van der Waals surface area (Å²) in [5.74, 6) is 1.97. The van der Waals surface area contributed by atoms with Gasteiger partial charge in [0.2, 0.25) is 5.89 Å². The van der Waals surface area contributed by atoms with E-state index in [-0.39, 0.29) is 5.69 Å². The lowest BCUT2D eigenvalue weighted by Crippen LogP contribution is -2.33. The Bertz CT molecular complexity index is 735. The van der Waals surface area contributed by atoms with Crippen LogP contribution < -0.4 is 0 Å². The minimum atomic E-state index is -1.03. The van der Waals surface area contributed by atoms with Crippen LogP contribution in [0.4, 0.5) is 0 Å². The minimum Gasteiger partial charge on any atom is -0.476 e. The number of carboxylic acid groups (broad SMARTS) is 1. The number of aromatic nitrogens is 1. The number of nitrogens with zero attached hydrogens (tertiary/aromatic N) is 2. The first-order valence-corrected chi connectivity index (χ1v) is 9.64. The molecular weight excluding hydrogens is 328 g/mol. The molecule has 1 aromatic heterocycles. The van der Waals surface area contributed by atoms with Gasteiger partial charge in [0.05, 0.1) is 6.54 Å². The van der Waals surface area contributed by atoms with Crippen molar-refractivity contribution in [3.05, 3.63) is 53.7 Å². The van der Waals surface area contributed by atoms with Crippen molar-refractivity contribution in [1.82, 2.24) is 9.88 Å². The van der Waals surface area contributed by atoms with Crippen LogP contribution in [-0.4, -0.2) is 34.0 Å². The lowest BCUT2D eigenvalue weighted by molar-refractivity contribution is 0.0690. The quantitative estimate of drug-likeness (QED) is 0.808. The number of hydrogen-bond acceptors (Lipinski definition) is 4. The monoisotopic (exact) mass is 354 g/mol. The van der Waals surface area contributed by atoms with Crippen LogP contribution in [0.25, 0.3) is 0 Å². The molecule has 0 spiro atoms. The molecule has 0 unspecified atom stereocenters. The molecular formula is C21H26N2O3. The van der Waals surface area contributed by atoms with Crippen LogP contribution in [-0.2, 0) is 6.54 Å². The van der Waals surface area contributed by atoms with Gasteiger partial charge in [0.25, 0.3) is 0 Å². The van der Waals surface area contributed by atoms with Crippen molar-refractivity contribution < 1.29 is 14.3 Å². The molecule has 1 aliphatic heterocycles. The number of hydrogen-bond donors (Lipinski definition) is 1. The van der Waals surface area contributed by atoms with E-state index in [0.717, 1.165) is 30.8 Å². The zero-order valence-electron chi connectivity index (χ0n) is 15.0. The zero-order chi connectivity index (χ0) is 17.9. The molecule has 0 amide bonds. The fourth-order valence-electron chi connectivity index (χ4n) is 4.23. The van der Waals surface area contributed by atoms with Crippen LogP contribution in [0.2, 0.25) is 0 Å². The predicted molar refractivity (Wildman–Crippen MR) is 98.0 cm³/mol. The molecule has 138 valence electrons. The largest absolute Gasteiger partial charge is 0.476 e. The van der Waals surface area contributed by atoms with E-state index in [1.54, 1.807) is 0 Å². The van der Waals surface area contributed by atoms with Crippen molar-refractivity contribution in [3.8, 4) is 0 Å². The van der Waals surface area contributed by atoms with E-state index < -0.39 is 5.97 Å². The molecule has 1 aromatic carbocycles. The number of rotatable bonds is 7. The third-order valence-electron chi connectivity index (χ3n) is 5.93. The smallest absolute Gasteiger partial charge is 0.357 e. The summed E-state index contributed by atoms with van der Waals surface area (Å²) < 4.78 is 5.26. The number of carbonyl (C=O) groups is 1. The number of aromatic carboxylic acids is 1. The summed E-state index contributed by atoms with van der Waals surface area (Å²) in [6.07, 6.45) is 7.71. The zero-order valence-corrected chi connectivity index (χ0v) is 15.0. The van der Waals surface area contributed by atoms with Crippen molar-refractivity contribution in [2.24, 2.45) is 11.8 Å². The highest BCUT2D eigenvalue weighted by Gasteiger charge is 2.38. The maximum Gasteiger partial charge on any atom is 0.357 e. The third kappa shape index (κ3) is 4.15. The summed E-state index contributed by atoms with van der Waals surface area (Å²) in [7, 11) is 0. The highest BCUT2D eigenvalue weighted by atomic mass is 16.4. The fraction of sp³-hybridized carbons (Fsp3) is 0.524. The Labute approximate surface area is 154 Å². The fourth-order valence-corrected chi connectivity index (χ4v) is 4.23. The topological polar surface area (TPSA) is 66.6 Å². The van der Waals surface area contributed by atoms with Crippen LogP contribution in [0.3, 0.4) is 0 Å². The molecule has 1 saturated carbocycles. The van der Waals surface area contributed by atoms with Gasteiger partial charge in [-0.3, -0.25) is 4.90 Å². The summed E-state index contributed by atoms with van der Waals surface area (Å²) in [6, 6.07) is 10.9. The van der Waals surface area contributed by atoms with E-state index in [9.17, 15) is 4.79 Å². The van der Waals surface area contributed by atoms with Gasteiger partial charge in [-0.1, -0.05) is 36.8 Å². The van der Waals surface area contributed by atoms with Crippen LogP contribution in [0, 0.1) is 11.8 Å². The number of likely N-dealkylation sites (tertiary alicyclic amines) is 1. The number of benzene rings is 1. The lowest BCUT2D eigenvalue weighted by Gasteiger charge is -2.31. The molecule has 1 N–H and O–H groups in total. The van der Waals surface area contributed by atoms with E-state index >= 15 is 0 Å². The van der Waals surface area contributed by atoms with Gasteiger partial charge in [-0.15, -0.1) is 0 Å². The van der Waals surface area contributed by atoms with Gasteiger partial charge in [0.1, 0.15) is 6.26 Å². The van der Waals surface area contributed by atoms with Crippen molar-refractivity contribution in [3.63, 3.8) is 0 Å². The van der Waals surface area contributed by atoms with Gasteiger partial charge in [-0.2, -0.15) is 0 Å². The van der Waals surface area contributed by atoms with E-state index in [2.05, 4.69) is 40.2 Å². The Kier molecular flexibility index (Phi) is 5.07. The first-order valence-electron chi connectivity index (χ1n) is 9.64. The van der Waals surface area contributed by atoms with Gasteiger partial charge >= 0.3 is 5.97 Å². The highest BCUT2D eigenvalue weighted by Crippen LogP contribution is 2.50. The average molecular weight is 354 g/mol. The van der Waals surface area contributed by atoms with Gasteiger partial charge in [-0.05, 0) is 62.1 Å². The van der Waals surface area contributed by atoms with Gasteiger partial charge in [0, 0.05) is 0 Å². The second-order valence-corrected chi connectivity index (χ2v) is 7.74. The van der Waals surface area contributed by atoms with E-state index in [0.29, 0.717) is 12.4 Å². The number of oxazole rings is 1.